The summed E-state index contributed by atoms with van der Waals surface area (Å²) in [7, 11) is 0. The topological polar surface area (TPSA) is 99.4 Å². The average molecular weight is 479 g/mol. The first kappa shape index (κ1) is 24.1. The molecular formula is C28H46O6. The highest BCUT2D eigenvalue weighted by molar-refractivity contribution is 5.22. The molecular weight excluding hydrogens is 432 g/mol. The van der Waals surface area contributed by atoms with E-state index in [9.17, 15) is 20.4 Å². The van der Waals surface area contributed by atoms with Crippen LogP contribution in [0.3, 0.4) is 0 Å². The van der Waals surface area contributed by atoms with Crippen molar-refractivity contribution in [1.29, 1.82) is 0 Å². The molecule has 34 heavy (non-hydrogen) atoms. The lowest BCUT2D eigenvalue weighted by molar-refractivity contribution is -0.300. The van der Waals surface area contributed by atoms with Gasteiger partial charge < -0.3 is 29.9 Å². The molecule has 14 atom stereocenters. The maximum Gasteiger partial charge on any atom is 0.198 e. The van der Waals surface area contributed by atoms with E-state index in [-0.39, 0.29) is 40.3 Å². The zero-order valence-electron chi connectivity index (χ0n) is 21.8. The van der Waals surface area contributed by atoms with Crippen LogP contribution in [0.4, 0.5) is 0 Å². The van der Waals surface area contributed by atoms with Crippen molar-refractivity contribution in [2.45, 2.75) is 128 Å². The van der Waals surface area contributed by atoms with Gasteiger partial charge in [-0.25, -0.2) is 0 Å². The highest BCUT2D eigenvalue weighted by Crippen LogP contribution is 2.72. The van der Waals surface area contributed by atoms with Crippen molar-refractivity contribution < 1.29 is 29.9 Å². The standard InChI is InChI=1S/C28H46O6/c1-14-11-28(34-24(14,2)3)27(6,32)23-21(33-28)10-17-16-8-7-15-9-18(29)19(30)12-25(15,4)22(16)20(31)13-26(17,23)5/h14-23,29-32H,7-13H2,1-6H3/t14-,15?,16?,17?,18-,19+,20-,21-,22?,23?,25-,26-,27?,28?/m0/s1. The third kappa shape index (κ3) is 2.79. The van der Waals surface area contributed by atoms with E-state index in [1.165, 1.54) is 0 Å². The molecule has 2 aliphatic heterocycles. The predicted molar refractivity (Wildman–Crippen MR) is 127 cm³/mol. The van der Waals surface area contributed by atoms with Crippen LogP contribution in [0.25, 0.3) is 0 Å². The minimum atomic E-state index is -1.12. The molecule has 6 heteroatoms. The number of ether oxygens (including phenoxy) is 2. The molecule has 7 unspecified atom stereocenters. The van der Waals surface area contributed by atoms with Gasteiger partial charge in [-0.1, -0.05) is 20.8 Å². The van der Waals surface area contributed by atoms with E-state index in [0.29, 0.717) is 43.4 Å². The largest absolute Gasteiger partial charge is 0.393 e. The molecule has 194 valence electrons. The molecule has 6 rings (SSSR count). The summed E-state index contributed by atoms with van der Waals surface area (Å²) >= 11 is 0. The summed E-state index contributed by atoms with van der Waals surface area (Å²) in [5.74, 6) is 0.397. The summed E-state index contributed by atoms with van der Waals surface area (Å²) in [4.78, 5) is 0. The highest BCUT2D eigenvalue weighted by atomic mass is 16.7. The Labute approximate surface area is 204 Å². The van der Waals surface area contributed by atoms with E-state index in [4.69, 9.17) is 9.47 Å². The second-order valence-electron chi connectivity index (χ2n) is 14.5. The highest BCUT2D eigenvalue weighted by Gasteiger charge is 2.77. The fraction of sp³-hybridized carbons (Fsp3) is 1.00. The van der Waals surface area contributed by atoms with Crippen molar-refractivity contribution in [3.8, 4) is 0 Å². The van der Waals surface area contributed by atoms with Gasteiger partial charge in [0.1, 0.15) is 5.60 Å². The van der Waals surface area contributed by atoms with Gasteiger partial charge in [0.05, 0.1) is 30.0 Å². The number of hydrogen-bond acceptors (Lipinski definition) is 6. The van der Waals surface area contributed by atoms with Crippen molar-refractivity contribution in [3.05, 3.63) is 0 Å². The lowest BCUT2D eigenvalue weighted by Gasteiger charge is -2.63. The number of aliphatic hydroxyl groups is 4. The van der Waals surface area contributed by atoms with Gasteiger partial charge in [0, 0.05) is 12.3 Å². The first-order valence-corrected chi connectivity index (χ1v) is 13.8. The molecule has 1 spiro atoms. The maximum atomic E-state index is 12.2. The monoisotopic (exact) mass is 478 g/mol. The van der Waals surface area contributed by atoms with Crippen molar-refractivity contribution in [2.24, 2.45) is 46.3 Å². The number of aliphatic hydroxyl groups excluding tert-OH is 3. The van der Waals surface area contributed by atoms with Crippen LogP contribution in [0, 0.1) is 46.3 Å². The van der Waals surface area contributed by atoms with E-state index in [1.807, 2.05) is 6.92 Å². The predicted octanol–water partition coefficient (Wildman–Crippen LogP) is 3.24. The summed E-state index contributed by atoms with van der Waals surface area (Å²) in [5.41, 5.74) is -1.87. The number of rotatable bonds is 0. The molecule has 4 N–H and O–H groups in total. The lowest BCUT2D eigenvalue weighted by Crippen LogP contribution is -2.63. The fourth-order valence-corrected chi connectivity index (χ4v) is 10.7. The Balaban J connectivity index is 1.34. The van der Waals surface area contributed by atoms with Crippen molar-refractivity contribution in [3.63, 3.8) is 0 Å². The number of fused-ring (bicyclic) bond motifs is 7. The van der Waals surface area contributed by atoms with E-state index in [1.54, 1.807) is 0 Å². The summed E-state index contributed by atoms with van der Waals surface area (Å²) in [5, 5.41) is 44.8. The lowest BCUT2D eigenvalue weighted by atomic mass is 9.43. The third-order valence-corrected chi connectivity index (χ3v) is 12.5. The SMILES string of the molecule is C[C@H]1CC2(O[C@H]3CC4C5CCC6C[C@H](O)[C@H](O)C[C@]6(C)C5[C@@H](O)C[C@]4(C)C3C2(C)O)OC1(C)C. The smallest absolute Gasteiger partial charge is 0.198 e. The van der Waals surface area contributed by atoms with Crippen LogP contribution < -0.4 is 0 Å². The second-order valence-corrected chi connectivity index (χ2v) is 14.5. The van der Waals surface area contributed by atoms with Crippen LogP contribution in [0.15, 0.2) is 0 Å². The molecule has 0 radical (unpaired) electrons. The first-order chi connectivity index (χ1) is 15.7. The van der Waals surface area contributed by atoms with E-state index < -0.39 is 29.7 Å². The molecule has 2 heterocycles. The third-order valence-electron chi connectivity index (χ3n) is 12.5. The Kier molecular flexibility index (Phi) is 4.96. The maximum absolute atomic E-state index is 12.2. The van der Waals surface area contributed by atoms with Gasteiger partial charge in [0.15, 0.2) is 5.79 Å². The molecule has 0 aromatic carbocycles. The van der Waals surface area contributed by atoms with Crippen molar-refractivity contribution >= 4 is 0 Å². The minimum Gasteiger partial charge on any atom is -0.393 e. The molecule has 0 amide bonds. The van der Waals surface area contributed by atoms with Crippen LogP contribution >= 0.6 is 0 Å². The van der Waals surface area contributed by atoms with Gasteiger partial charge in [0.25, 0.3) is 0 Å². The Morgan fingerprint density at radius 1 is 0.794 bits per heavy atom. The molecule has 0 bridgehead atoms. The summed E-state index contributed by atoms with van der Waals surface area (Å²) in [6.45, 7) is 12.8. The van der Waals surface area contributed by atoms with Crippen LogP contribution in [0.5, 0.6) is 0 Å². The summed E-state index contributed by atoms with van der Waals surface area (Å²) in [6, 6.07) is 0. The molecule has 6 aliphatic rings. The van der Waals surface area contributed by atoms with Crippen molar-refractivity contribution in [2.75, 3.05) is 0 Å². The first-order valence-electron chi connectivity index (χ1n) is 13.8. The molecule has 4 aliphatic carbocycles. The van der Waals surface area contributed by atoms with Crippen LogP contribution in [0.1, 0.15) is 86.5 Å². The van der Waals surface area contributed by atoms with Gasteiger partial charge in [0.2, 0.25) is 0 Å². The normalized spacial score (nSPS) is 64.4. The molecule has 0 aromatic heterocycles. The summed E-state index contributed by atoms with van der Waals surface area (Å²) < 4.78 is 13.3. The Morgan fingerprint density at radius 2 is 1.47 bits per heavy atom. The van der Waals surface area contributed by atoms with Crippen LogP contribution in [-0.2, 0) is 9.47 Å². The van der Waals surface area contributed by atoms with E-state index in [0.717, 1.165) is 19.3 Å². The minimum absolute atomic E-state index is 0.0682. The fourth-order valence-electron chi connectivity index (χ4n) is 10.7. The molecule has 6 nitrogen and oxygen atoms in total. The van der Waals surface area contributed by atoms with E-state index in [2.05, 4.69) is 34.6 Å². The van der Waals surface area contributed by atoms with Gasteiger partial charge >= 0.3 is 0 Å². The Morgan fingerprint density at radius 3 is 2.12 bits per heavy atom. The second kappa shape index (κ2) is 6.99. The van der Waals surface area contributed by atoms with Gasteiger partial charge in [-0.3, -0.25) is 0 Å². The average Bonchev–Trinajstić information content (AvgIpc) is 3.20. The van der Waals surface area contributed by atoms with Crippen LogP contribution in [0.2, 0.25) is 0 Å². The quantitative estimate of drug-likeness (QED) is 0.427. The van der Waals surface area contributed by atoms with Gasteiger partial charge in [-0.2, -0.15) is 0 Å². The number of hydrogen-bond donors (Lipinski definition) is 4. The molecule has 4 saturated carbocycles. The van der Waals surface area contributed by atoms with Gasteiger partial charge in [-0.15, -0.1) is 0 Å². The Hall–Kier alpha value is -0.240. The molecule has 0 aromatic rings. The zero-order chi connectivity index (χ0) is 24.6. The van der Waals surface area contributed by atoms with Crippen LogP contribution in [-0.4, -0.2) is 61.8 Å². The molecule has 6 fully saturated rings. The summed E-state index contributed by atoms with van der Waals surface area (Å²) in [6.07, 6.45) is 3.60. The zero-order valence-corrected chi connectivity index (χ0v) is 21.8. The van der Waals surface area contributed by atoms with Gasteiger partial charge in [-0.05, 0) is 99.7 Å². The molecule has 2 saturated heterocycles. The van der Waals surface area contributed by atoms with Crippen molar-refractivity contribution in [1.82, 2.24) is 0 Å². The Bertz CT molecular complexity index is 858. The van der Waals surface area contributed by atoms with E-state index >= 15 is 0 Å².